The van der Waals surface area contributed by atoms with Crippen LogP contribution in [0.15, 0.2) is 0 Å². The summed E-state index contributed by atoms with van der Waals surface area (Å²) in [6.45, 7) is 11.6. The largest absolute Gasteiger partial charge is 0.481 e. The summed E-state index contributed by atoms with van der Waals surface area (Å²) in [6, 6.07) is 0. The van der Waals surface area contributed by atoms with Crippen LogP contribution in [0.1, 0.15) is 73.6 Å². The minimum atomic E-state index is -1.27. The van der Waals surface area contributed by atoms with Gasteiger partial charge in [0.2, 0.25) is 0 Å². The Labute approximate surface area is 122 Å². The van der Waals surface area contributed by atoms with Crippen molar-refractivity contribution in [2.45, 2.75) is 73.6 Å². The van der Waals surface area contributed by atoms with Gasteiger partial charge >= 0.3 is 11.9 Å². The third kappa shape index (κ3) is 3.33. The lowest BCUT2D eigenvalue weighted by Crippen LogP contribution is -2.55. The van der Waals surface area contributed by atoms with Gasteiger partial charge in [0.1, 0.15) is 0 Å². The zero-order valence-electron chi connectivity index (χ0n) is 13.7. The topological polar surface area (TPSA) is 74.6 Å². The summed E-state index contributed by atoms with van der Waals surface area (Å²) in [7, 11) is 0. The molecule has 0 spiro atoms. The van der Waals surface area contributed by atoms with Crippen LogP contribution in [-0.2, 0) is 9.59 Å². The molecule has 0 saturated carbocycles. The van der Waals surface area contributed by atoms with Gasteiger partial charge in [-0.3, -0.25) is 9.59 Å². The van der Waals surface area contributed by atoms with E-state index >= 15 is 0 Å². The van der Waals surface area contributed by atoms with Gasteiger partial charge in [-0.15, -0.1) is 0 Å². The summed E-state index contributed by atoms with van der Waals surface area (Å²) in [5.41, 5.74) is -2.42. The van der Waals surface area contributed by atoms with Gasteiger partial charge in [-0.05, 0) is 23.7 Å². The molecule has 0 atom stereocenters. The van der Waals surface area contributed by atoms with Gasteiger partial charge in [-0.25, -0.2) is 0 Å². The highest BCUT2D eigenvalue weighted by molar-refractivity contribution is 5.83. The maximum Gasteiger partial charge on any atom is 0.311 e. The van der Waals surface area contributed by atoms with Gasteiger partial charge in [0.05, 0.1) is 11.8 Å². The highest BCUT2D eigenvalue weighted by atomic mass is 16.4. The van der Waals surface area contributed by atoms with Gasteiger partial charge in [0, 0.05) is 0 Å². The Hall–Kier alpha value is -1.06. The van der Waals surface area contributed by atoms with Crippen molar-refractivity contribution in [2.24, 2.45) is 16.2 Å². The number of rotatable bonds is 9. The maximum absolute atomic E-state index is 12.1. The van der Waals surface area contributed by atoms with E-state index in [1.807, 2.05) is 41.5 Å². The van der Waals surface area contributed by atoms with Crippen LogP contribution >= 0.6 is 0 Å². The molecule has 0 aromatic rings. The van der Waals surface area contributed by atoms with E-state index in [0.717, 1.165) is 12.8 Å². The third-order valence-electron chi connectivity index (χ3n) is 4.84. The van der Waals surface area contributed by atoms with Crippen molar-refractivity contribution in [3.05, 3.63) is 0 Å². The number of hydrogen-bond donors (Lipinski definition) is 2. The first kappa shape index (κ1) is 18.9. The van der Waals surface area contributed by atoms with Crippen LogP contribution in [0.25, 0.3) is 0 Å². The molecule has 0 rings (SSSR count). The van der Waals surface area contributed by atoms with Gasteiger partial charge in [0.15, 0.2) is 0 Å². The molecule has 0 aliphatic heterocycles. The van der Waals surface area contributed by atoms with Crippen LogP contribution < -0.4 is 0 Å². The standard InChI is InChI=1S/C16H30O4/c1-7-9-14(3,4)16(13(19)20,11-12(17)18)15(5,6)10-8-2/h7-11H2,1-6H3,(H,17,18)(H,19,20). The first-order chi connectivity index (χ1) is 8.98. The summed E-state index contributed by atoms with van der Waals surface area (Å²) < 4.78 is 0. The van der Waals surface area contributed by atoms with Crippen LogP contribution in [0.3, 0.4) is 0 Å². The molecule has 0 aromatic carbocycles. The highest BCUT2D eigenvalue weighted by Crippen LogP contribution is 2.58. The van der Waals surface area contributed by atoms with E-state index in [0.29, 0.717) is 12.8 Å². The fraction of sp³-hybridized carbons (Fsp3) is 0.875. The lowest BCUT2D eigenvalue weighted by atomic mass is 9.49. The van der Waals surface area contributed by atoms with Gasteiger partial charge in [0.25, 0.3) is 0 Å². The Balaban J connectivity index is 6.10. The molecule has 4 heteroatoms. The Morgan fingerprint density at radius 1 is 0.850 bits per heavy atom. The molecular weight excluding hydrogens is 256 g/mol. The van der Waals surface area contributed by atoms with Crippen LogP contribution in [0, 0.1) is 16.2 Å². The molecule has 0 aliphatic rings. The average Bonchev–Trinajstić information content (AvgIpc) is 2.24. The molecule has 0 heterocycles. The molecule has 0 amide bonds. The number of carboxylic acid groups (broad SMARTS) is 2. The van der Waals surface area contributed by atoms with Gasteiger partial charge < -0.3 is 10.2 Å². The number of carboxylic acids is 2. The molecule has 0 radical (unpaired) electrons. The number of aliphatic carboxylic acids is 2. The van der Waals surface area contributed by atoms with Gasteiger partial charge in [-0.2, -0.15) is 0 Å². The fourth-order valence-electron chi connectivity index (χ4n) is 3.95. The van der Waals surface area contributed by atoms with E-state index in [9.17, 15) is 19.8 Å². The molecule has 0 aromatic heterocycles. The van der Waals surface area contributed by atoms with Crippen molar-refractivity contribution in [1.82, 2.24) is 0 Å². The Bertz CT molecular complexity index is 337. The Morgan fingerprint density at radius 2 is 1.20 bits per heavy atom. The van der Waals surface area contributed by atoms with E-state index in [4.69, 9.17) is 0 Å². The Morgan fingerprint density at radius 3 is 1.40 bits per heavy atom. The predicted octanol–water partition coefficient (Wildman–Crippen LogP) is 4.18. The normalized spacial score (nSPS) is 13.3. The van der Waals surface area contributed by atoms with E-state index in [2.05, 4.69) is 0 Å². The SMILES string of the molecule is CCCC(C)(C)C(CC(=O)O)(C(=O)O)C(C)(C)CCC. The zero-order chi connectivity index (χ0) is 16.2. The first-order valence-electron chi connectivity index (χ1n) is 7.43. The molecule has 0 unspecified atom stereocenters. The van der Waals surface area contributed by atoms with E-state index < -0.39 is 28.2 Å². The van der Waals surface area contributed by atoms with Crippen molar-refractivity contribution in [3.8, 4) is 0 Å². The second-order valence-corrected chi connectivity index (χ2v) is 7.05. The second-order valence-electron chi connectivity index (χ2n) is 7.05. The van der Waals surface area contributed by atoms with Crippen LogP contribution in [0.2, 0.25) is 0 Å². The lowest BCUT2D eigenvalue weighted by Gasteiger charge is -2.52. The second kappa shape index (κ2) is 6.59. The molecule has 0 fully saturated rings. The fourth-order valence-corrected chi connectivity index (χ4v) is 3.95. The van der Waals surface area contributed by atoms with Crippen molar-refractivity contribution in [1.29, 1.82) is 0 Å². The zero-order valence-corrected chi connectivity index (χ0v) is 13.7. The summed E-state index contributed by atoms with van der Waals surface area (Å²) in [4.78, 5) is 23.5. The summed E-state index contributed by atoms with van der Waals surface area (Å²) in [5.74, 6) is -2.03. The number of carbonyl (C=O) groups is 2. The van der Waals surface area contributed by atoms with Crippen LogP contribution in [-0.4, -0.2) is 22.2 Å². The molecule has 0 saturated heterocycles. The minimum absolute atomic E-state index is 0.331. The summed E-state index contributed by atoms with van der Waals surface area (Å²) >= 11 is 0. The van der Waals surface area contributed by atoms with Gasteiger partial charge in [-0.1, -0.05) is 54.4 Å². The highest BCUT2D eigenvalue weighted by Gasteiger charge is 2.60. The van der Waals surface area contributed by atoms with Crippen molar-refractivity contribution >= 4 is 11.9 Å². The summed E-state index contributed by atoms with van der Waals surface area (Å²) in [5, 5.41) is 19.2. The van der Waals surface area contributed by atoms with Crippen LogP contribution in [0.5, 0.6) is 0 Å². The Kier molecular flexibility index (Phi) is 6.25. The van der Waals surface area contributed by atoms with Crippen LogP contribution in [0.4, 0.5) is 0 Å². The first-order valence-corrected chi connectivity index (χ1v) is 7.43. The molecule has 118 valence electrons. The monoisotopic (exact) mass is 286 g/mol. The van der Waals surface area contributed by atoms with Crippen molar-refractivity contribution in [3.63, 3.8) is 0 Å². The predicted molar refractivity (Wildman–Crippen MR) is 79.7 cm³/mol. The summed E-state index contributed by atoms with van der Waals surface area (Å²) in [6.07, 6.45) is 2.73. The minimum Gasteiger partial charge on any atom is -0.481 e. The molecule has 2 N–H and O–H groups in total. The maximum atomic E-state index is 12.1. The van der Waals surface area contributed by atoms with Crippen molar-refractivity contribution in [2.75, 3.05) is 0 Å². The molecule has 4 nitrogen and oxygen atoms in total. The van der Waals surface area contributed by atoms with E-state index in [1.54, 1.807) is 0 Å². The molecule has 0 aliphatic carbocycles. The molecule has 20 heavy (non-hydrogen) atoms. The van der Waals surface area contributed by atoms with E-state index in [-0.39, 0.29) is 6.42 Å². The third-order valence-corrected chi connectivity index (χ3v) is 4.84. The van der Waals surface area contributed by atoms with E-state index in [1.165, 1.54) is 0 Å². The lowest BCUT2D eigenvalue weighted by molar-refractivity contribution is -0.180. The molecular formula is C16H30O4. The molecule has 0 bridgehead atoms. The smallest absolute Gasteiger partial charge is 0.311 e. The number of hydrogen-bond acceptors (Lipinski definition) is 2. The van der Waals surface area contributed by atoms with Crippen molar-refractivity contribution < 1.29 is 19.8 Å². The quantitative estimate of drug-likeness (QED) is 0.666. The average molecular weight is 286 g/mol.